The van der Waals surface area contributed by atoms with Crippen molar-refractivity contribution in [2.45, 2.75) is 17.9 Å². The Labute approximate surface area is 140 Å². The standard InChI is InChI=1S/C16H19N3O4S/c1-11-5-3-4-6-12(11)16(20)19-7-8-23-10-13(19)15-14(9-17-18-15)24(2,21)22/h3-6,9,13H,7-8,10H2,1-2H3,(H,17,18)/t13-/m0/s1. The van der Waals surface area contributed by atoms with Gasteiger partial charge in [0.25, 0.3) is 5.91 Å². The van der Waals surface area contributed by atoms with Crippen LogP contribution in [0.5, 0.6) is 0 Å². The number of aromatic amines is 1. The Morgan fingerprint density at radius 2 is 2.12 bits per heavy atom. The second-order valence-electron chi connectivity index (χ2n) is 5.82. The lowest BCUT2D eigenvalue weighted by atomic mass is 10.1. The average Bonchev–Trinajstić information content (AvgIpc) is 3.04. The van der Waals surface area contributed by atoms with Crippen LogP contribution >= 0.6 is 0 Å². The number of amides is 1. The number of benzene rings is 1. The molecule has 2 heterocycles. The van der Waals surface area contributed by atoms with Gasteiger partial charge in [-0.1, -0.05) is 18.2 Å². The van der Waals surface area contributed by atoms with Crippen molar-refractivity contribution in [3.05, 3.63) is 47.3 Å². The fraction of sp³-hybridized carbons (Fsp3) is 0.375. The molecule has 1 N–H and O–H groups in total. The maximum Gasteiger partial charge on any atom is 0.254 e. The van der Waals surface area contributed by atoms with Gasteiger partial charge >= 0.3 is 0 Å². The largest absolute Gasteiger partial charge is 0.377 e. The van der Waals surface area contributed by atoms with Crippen LogP contribution in [0.4, 0.5) is 0 Å². The zero-order valence-corrected chi connectivity index (χ0v) is 14.3. The van der Waals surface area contributed by atoms with Crippen molar-refractivity contribution in [3.63, 3.8) is 0 Å². The summed E-state index contributed by atoms with van der Waals surface area (Å²) in [4.78, 5) is 14.7. The fourth-order valence-corrected chi connectivity index (χ4v) is 3.70. The van der Waals surface area contributed by atoms with Crippen LogP contribution in [0.25, 0.3) is 0 Å². The zero-order chi connectivity index (χ0) is 17.3. The molecule has 0 unspecified atom stereocenters. The van der Waals surface area contributed by atoms with E-state index < -0.39 is 15.9 Å². The summed E-state index contributed by atoms with van der Waals surface area (Å²) in [7, 11) is -3.45. The van der Waals surface area contributed by atoms with Gasteiger partial charge in [0.1, 0.15) is 4.90 Å². The Kier molecular flexibility index (Phi) is 4.42. The maximum absolute atomic E-state index is 13.0. The van der Waals surface area contributed by atoms with Gasteiger partial charge in [0, 0.05) is 18.4 Å². The molecule has 1 aromatic carbocycles. The van der Waals surface area contributed by atoms with E-state index in [1.165, 1.54) is 6.20 Å². The number of sulfone groups is 1. The summed E-state index contributed by atoms with van der Waals surface area (Å²) < 4.78 is 29.4. The summed E-state index contributed by atoms with van der Waals surface area (Å²) in [6.07, 6.45) is 2.40. The quantitative estimate of drug-likeness (QED) is 0.903. The molecule has 0 spiro atoms. The van der Waals surface area contributed by atoms with Crippen LogP contribution in [0.2, 0.25) is 0 Å². The molecule has 1 amide bonds. The van der Waals surface area contributed by atoms with Gasteiger partial charge in [-0.15, -0.1) is 0 Å². The third kappa shape index (κ3) is 3.07. The fourth-order valence-electron chi connectivity index (χ4n) is 2.87. The van der Waals surface area contributed by atoms with Gasteiger partial charge in [-0.2, -0.15) is 5.10 Å². The van der Waals surface area contributed by atoms with Crippen molar-refractivity contribution < 1.29 is 17.9 Å². The summed E-state index contributed by atoms with van der Waals surface area (Å²) in [5.41, 5.74) is 1.87. The third-order valence-electron chi connectivity index (χ3n) is 4.13. The summed E-state index contributed by atoms with van der Waals surface area (Å²) in [6, 6.07) is 6.82. The molecule has 0 bridgehead atoms. The van der Waals surface area contributed by atoms with E-state index in [4.69, 9.17) is 4.74 Å². The first kappa shape index (κ1) is 16.7. The molecule has 0 saturated carbocycles. The van der Waals surface area contributed by atoms with E-state index in [2.05, 4.69) is 10.2 Å². The number of aromatic nitrogens is 2. The maximum atomic E-state index is 13.0. The van der Waals surface area contributed by atoms with Gasteiger partial charge in [0.05, 0.1) is 31.1 Å². The third-order valence-corrected chi connectivity index (χ3v) is 5.25. The number of aryl methyl sites for hydroxylation is 1. The topological polar surface area (TPSA) is 92.4 Å². The zero-order valence-electron chi connectivity index (χ0n) is 13.5. The molecule has 1 aliphatic rings. The number of rotatable bonds is 3. The first-order valence-corrected chi connectivity index (χ1v) is 9.46. The van der Waals surface area contributed by atoms with E-state index in [-0.39, 0.29) is 17.4 Å². The number of nitrogens with zero attached hydrogens (tertiary/aromatic N) is 2. The van der Waals surface area contributed by atoms with Crippen LogP contribution in [0.3, 0.4) is 0 Å². The van der Waals surface area contributed by atoms with Crippen molar-refractivity contribution in [3.8, 4) is 0 Å². The molecule has 0 aliphatic carbocycles. The molecule has 1 aromatic heterocycles. The highest BCUT2D eigenvalue weighted by Crippen LogP contribution is 2.29. The van der Waals surface area contributed by atoms with E-state index in [9.17, 15) is 13.2 Å². The first-order valence-electron chi connectivity index (χ1n) is 7.57. The van der Waals surface area contributed by atoms with E-state index in [1.54, 1.807) is 11.0 Å². The molecule has 24 heavy (non-hydrogen) atoms. The molecule has 1 fully saturated rings. The van der Waals surface area contributed by atoms with Crippen molar-refractivity contribution >= 4 is 15.7 Å². The minimum atomic E-state index is -3.45. The molecular weight excluding hydrogens is 330 g/mol. The van der Waals surface area contributed by atoms with Crippen LogP contribution < -0.4 is 0 Å². The Balaban J connectivity index is 2.00. The average molecular weight is 349 g/mol. The molecule has 8 heteroatoms. The van der Waals surface area contributed by atoms with E-state index in [1.807, 2.05) is 25.1 Å². The second kappa shape index (κ2) is 6.37. The highest BCUT2D eigenvalue weighted by atomic mass is 32.2. The lowest BCUT2D eigenvalue weighted by Crippen LogP contribution is -2.44. The number of nitrogens with one attached hydrogen (secondary N) is 1. The van der Waals surface area contributed by atoms with Crippen LogP contribution in [-0.4, -0.2) is 55.4 Å². The minimum absolute atomic E-state index is 0.0978. The molecule has 128 valence electrons. The van der Waals surface area contributed by atoms with Gasteiger partial charge in [0.15, 0.2) is 9.84 Å². The number of carbonyl (C=O) groups is 1. The summed E-state index contributed by atoms with van der Waals surface area (Å²) in [5, 5.41) is 6.58. The second-order valence-corrected chi connectivity index (χ2v) is 7.81. The molecular formula is C16H19N3O4S. The van der Waals surface area contributed by atoms with Crippen LogP contribution in [0, 0.1) is 6.92 Å². The Hall–Kier alpha value is -2.19. The van der Waals surface area contributed by atoms with Crippen molar-refractivity contribution in [2.24, 2.45) is 0 Å². The van der Waals surface area contributed by atoms with Gasteiger partial charge in [-0.25, -0.2) is 8.42 Å². The first-order chi connectivity index (χ1) is 11.4. The van der Waals surface area contributed by atoms with Gasteiger partial charge < -0.3 is 9.64 Å². The number of H-pyrrole nitrogens is 1. The van der Waals surface area contributed by atoms with Crippen LogP contribution in [0.15, 0.2) is 35.4 Å². The molecule has 1 saturated heterocycles. The number of morpholine rings is 1. The van der Waals surface area contributed by atoms with E-state index >= 15 is 0 Å². The highest BCUT2D eigenvalue weighted by molar-refractivity contribution is 7.90. The van der Waals surface area contributed by atoms with Gasteiger partial charge in [0.2, 0.25) is 0 Å². The van der Waals surface area contributed by atoms with E-state index in [0.29, 0.717) is 24.4 Å². The van der Waals surface area contributed by atoms with Crippen LogP contribution in [0.1, 0.15) is 27.7 Å². The Morgan fingerprint density at radius 1 is 1.38 bits per heavy atom. The Morgan fingerprint density at radius 3 is 2.83 bits per heavy atom. The summed E-state index contributed by atoms with van der Waals surface area (Å²) >= 11 is 0. The summed E-state index contributed by atoms with van der Waals surface area (Å²) in [6.45, 7) is 2.90. The molecule has 1 atom stereocenters. The lowest BCUT2D eigenvalue weighted by molar-refractivity contribution is -0.00472. The monoisotopic (exact) mass is 349 g/mol. The minimum Gasteiger partial charge on any atom is -0.377 e. The highest BCUT2D eigenvalue weighted by Gasteiger charge is 2.34. The Bertz CT molecular complexity index is 860. The van der Waals surface area contributed by atoms with Crippen molar-refractivity contribution in [1.82, 2.24) is 15.1 Å². The SMILES string of the molecule is Cc1ccccc1C(=O)N1CCOC[C@H]1c1[nH]ncc1S(C)(=O)=O. The van der Waals surface area contributed by atoms with Crippen molar-refractivity contribution in [1.29, 1.82) is 0 Å². The smallest absolute Gasteiger partial charge is 0.254 e. The molecule has 3 rings (SSSR count). The van der Waals surface area contributed by atoms with Crippen LogP contribution in [-0.2, 0) is 14.6 Å². The van der Waals surface area contributed by atoms with Gasteiger partial charge in [-0.05, 0) is 18.6 Å². The molecule has 2 aromatic rings. The van der Waals surface area contributed by atoms with E-state index in [0.717, 1.165) is 11.8 Å². The number of hydrogen-bond donors (Lipinski definition) is 1. The van der Waals surface area contributed by atoms with Crippen molar-refractivity contribution in [2.75, 3.05) is 26.0 Å². The number of hydrogen-bond acceptors (Lipinski definition) is 5. The summed E-state index contributed by atoms with van der Waals surface area (Å²) in [5.74, 6) is -0.143. The predicted octanol–water partition coefficient (Wildman–Crippen LogP) is 1.34. The molecule has 1 aliphatic heterocycles. The molecule has 0 radical (unpaired) electrons. The van der Waals surface area contributed by atoms with Gasteiger partial charge in [-0.3, -0.25) is 9.89 Å². The predicted molar refractivity (Wildman–Crippen MR) is 87.5 cm³/mol. The number of ether oxygens (including phenoxy) is 1. The lowest BCUT2D eigenvalue weighted by Gasteiger charge is -2.35. The number of carbonyl (C=O) groups excluding carboxylic acids is 1. The molecule has 7 nitrogen and oxygen atoms in total. The normalized spacial score (nSPS) is 18.6.